The third kappa shape index (κ3) is 6.92. The number of aromatic nitrogens is 6. The highest BCUT2D eigenvalue weighted by atomic mass is 15.2. The second-order valence-corrected chi connectivity index (χ2v) is 22.1. The quantitative estimate of drug-likeness (QED) is 0.149. The first kappa shape index (κ1) is 46.4. The van der Waals surface area contributed by atoms with Gasteiger partial charge in [0.2, 0.25) is 5.95 Å². The maximum atomic E-state index is 5.68. The van der Waals surface area contributed by atoms with Gasteiger partial charge in [-0.1, -0.05) is 182 Å². The molecule has 0 N–H and O–H groups in total. The molecular formula is C78H48N6. The van der Waals surface area contributed by atoms with Gasteiger partial charge in [0.25, 0.3) is 0 Å². The number of fused-ring (bicyclic) bond motifs is 15. The first-order valence-electron chi connectivity index (χ1n) is 28.7. The molecule has 6 nitrogen and oxygen atoms in total. The number of hydrogen-bond acceptors (Lipinski definition) is 2. The second-order valence-electron chi connectivity index (χ2n) is 22.1. The van der Waals surface area contributed by atoms with Crippen molar-refractivity contribution >= 4 is 109 Å². The van der Waals surface area contributed by atoms with Crippen LogP contribution in [0.3, 0.4) is 0 Å². The van der Waals surface area contributed by atoms with Crippen LogP contribution in [0.1, 0.15) is 0 Å². The smallest absolute Gasteiger partial charge is 0.235 e. The van der Waals surface area contributed by atoms with E-state index < -0.39 is 0 Å². The van der Waals surface area contributed by atoms with Gasteiger partial charge in [0.05, 0.1) is 55.3 Å². The molecule has 0 aliphatic rings. The summed E-state index contributed by atoms with van der Waals surface area (Å²) in [5.74, 6) is 0.624. The van der Waals surface area contributed by atoms with Crippen molar-refractivity contribution in [2.24, 2.45) is 0 Å². The van der Waals surface area contributed by atoms with Crippen LogP contribution in [0, 0.1) is 0 Å². The molecule has 0 spiro atoms. The molecule has 18 rings (SSSR count). The predicted octanol–water partition coefficient (Wildman–Crippen LogP) is 20.2. The van der Waals surface area contributed by atoms with Crippen LogP contribution in [-0.2, 0) is 0 Å². The standard InChI is InChI=1S/C78H48N6/c1-3-20-55(21-4-1)81-69-31-14-10-27-60(69)65-45-50(36-41-72(65)81)51-37-42-73-66(46-51)61-28-11-15-32-70(61)83(73)57-24-17-19-54(44-57)76-64-40-34-49-18-7-8-25-58(49)77(64)80-78(79-76)84-71-33-16-12-29-62(71)67-47-52(38-43-74(67)84)53-35-39-63-59-26-9-13-30-68(59)82(75(63)48-53)56-22-5-2-6-23-56/h1-48H. The molecule has 0 saturated carbocycles. The number of rotatable bonds is 7. The fourth-order valence-corrected chi connectivity index (χ4v) is 13.8. The molecule has 5 aromatic heterocycles. The number of benzene rings is 13. The van der Waals surface area contributed by atoms with Crippen molar-refractivity contribution in [3.8, 4) is 56.5 Å². The number of hydrogen-bond donors (Lipinski definition) is 0. The van der Waals surface area contributed by atoms with Gasteiger partial charge in [0.1, 0.15) is 0 Å². The molecule has 0 fully saturated rings. The molecule has 0 unspecified atom stereocenters. The van der Waals surface area contributed by atoms with Gasteiger partial charge in [0, 0.05) is 76.5 Å². The highest BCUT2D eigenvalue weighted by molar-refractivity contribution is 6.16. The summed E-state index contributed by atoms with van der Waals surface area (Å²) >= 11 is 0. The monoisotopic (exact) mass is 1070 g/mol. The van der Waals surface area contributed by atoms with E-state index in [4.69, 9.17) is 9.97 Å². The lowest BCUT2D eigenvalue weighted by atomic mass is 10.0. The van der Waals surface area contributed by atoms with Gasteiger partial charge in [-0.3, -0.25) is 4.57 Å². The summed E-state index contributed by atoms with van der Waals surface area (Å²) < 4.78 is 9.45. The third-order valence-electron chi connectivity index (χ3n) is 17.5. The highest BCUT2D eigenvalue weighted by Gasteiger charge is 2.22. The zero-order valence-corrected chi connectivity index (χ0v) is 45.4. The summed E-state index contributed by atoms with van der Waals surface area (Å²) in [7, 11) is 0. The van der Waals surface area contributed by atoms with Crippen LogP contribution < -0.4 is 0 Å². The summed E-state index contributed by atoms with van der Waals surface area (Å²) in [5, 5.41) is 12.9. The van der Waals surface area contributed by atoms with Crippen molar-refractivity contribution in [3.63, 3.8) is 0 Å². The lowest BCUT2D eigenvalue weighted by molar-refractivity contribution is 1.01. The highest BCUT2D eigenvalue weighted by Crippen LogP contribution is 2.42. The van der Waals surface area contributed by atoms with E-state index in [9.17, 15) is 0 Å². The van der Waals surface area contributed by atoms with Crippen molar-refractivity contribution in [2.45, 2.75) is 0 Å². The van der Waals surface area contributed by atoms with Gasteiger partial charge in [-0.25, -0.2) is 9.97 Å². The normalized spacial score (nSPS) is 12.0. The van der Waals surface area contributed by atoms with Gasteiger partial charge < -0.3 is 13.7 Å². The Hall–Kier alpha value is -11.3. The Kier molecular flexibility index (Phi) is 9.99. The molecule has 13 aromatic carbocycles. The Morgan fingerprint density at radius 3 is 1.17 bits per heavy atom. The summed E-state index contributed by atoms with van der Waals surface area (Å²) in [4.78, 5) is 11.3. The van der Waals surface area contributed by atoms with E-state index in [-0.39, 0.29) is 0 Å². The summed E-state index contributed by atoms with van der Waals surface area (Å²) in [6.07, 6.45) is 0. The minimum absolute atomic E-state index is 0.624. The second kappa shape index (κ2) is 18.1. The fourth-order valence-electron chi connectivity index (χ4n) is 13.8. The molecule has 0 radical (unpaired) electrons. The van der Waals surface area contributed by atoms with E-state index in [2.05, 4.69) is 309 Å². The Morgan fingerprint density at radius 1 is 0.202 bits per heavy atom. The van der Waals surface area contributed by atoms with Crippen LogP contribution in [0.4, 0.5) is 0 Å². The lowest BCUT2D eigenvalue weighted by Gasteiger charge is -2.15. The maximum absolute atomic E-state index is 5.68. The zero-order chi connectivity index (χ0) is 55.0. The van der Waals surface area contributed by atoms with E-state index in [0.29, 0.717) is 5.95 Å². The molecule has 390 valence electrons. The zero-order valence-electron chi connectivity index (χ0n) is 45.4. The average molecular weight is 1070 g/mol. The number of nitrogens with zero attached hydrogens (tertiary/aromatic N) is 6. The van der Waals surface area contributed by atoms with E-state index in [0.717, 1.165) is 94.0 Å². The van der Waals surface area contributed by atoms with E-state index in [1.54, 1.807) is 0 Å². The fraction of sp³-hybridized carbons (Fsp3) is 0. The maximum Gasteiger partial charge on any atom is 0.235 e. The summed E-state index contributed by atoms with van der Waals surface area (Å²) in [6, 6.07) is 106. The lowest BCUT2D eigenvalue weighted by Crippen LogP contribution is -2.04. The topological polar surface area (TPSA) is 45.5 Å². The van der Waals surface area contributed by atoms with Crippen LogP contribution in [0.2, 0.25) is 0 Å². The molecular weight excluding hydrogens is 1020 g/mol. The van der Waals surface area contributed by atoms with Gasteiger partial charge in [-0.2, -0.15) is 0 Å². The minimum atomic E-state index is 0.624. The molecule has 84 heavy (non-hydrogen) atoms. The minimum Gasteiger partial charge on any atom is -0.309 e. The summed E-state index contributed by atoms with van der Waals surface area (Å²) in [6.45, 7) is 0. The Bertz CT molecular complexity index is 5740. The van der Waals surface area contributed by atoms with E-state index in [1.807, 2.05) is 0 Å². The number of para-hydroxylation sites is 6. The molecule has 0 aliphatic carbocycles. The summed E-state index contributed by atoms with van der Waals surface area (Å²) in [5.41, 5.74) is 20.0. The van der Waals surface area contributed by atoms with Crippen molar-refractivity contribution < 1.29 is 0 Å². The van der Waals surface area contributed by atoms with Crippen LogP contribution >= 0.6 is 0 Å². The first-order valence-corrected chi connectivity index (χ1v) is 28.7. The van der Waals surface area contributed by atoms with E-state index in [1.165, 1.54) is 65.5 Å². The largest absolute Gasteiger partial charge is 0.309 e. The van der Waals surface area contributed by atoms with Crippen LogP contribution in [-0.4, -0.2) is 28.2 Å². The van der Waals surface area contributed by atoms with Crippen LogP contribution in [0.25, 0.3) is 165 Å². The van der Waals surface area contributed by atoms with Gasteiger partial charge in [-0.05, 0) is 137 Å². The average Bonchev–Trinajstić information content (AvgIpc) is 2.03. The van der Waals surface area contributed by atoms with E-state index >= 15 is 0 Å². The third-order valence-corrected chi connectivity index (χ3v) is 17.5. The molecule has 18 aromatic rings. The molecule has 0 amide bonds. The Balaban J connectivity index is 0.786. The van der Waals surface area contributed by atoms with Gasteiger partial charge in [0.15, 0.2) is 0 Å². The molecule has 6 heteroatoms. The van der Waals surface area contributed by atoms with Crippen molar-refractivity contribution in [1.29, 1.82) is 0 Å². The van der Waals surface area contributed by atoms with Crippen molar-refractivity contribution in [2.75, 3.05) is 0 Å². The predicted molar refractivity (Wildman–Crippen MR) is 351 cm³/mol. The van der Waals surface area contributed by atoms with Gasteiger partial charge in [-0.15, -0.1) is 0 Å². The van der Waals surface area contributed by atoms with Crippen LogP contribution in [0.5, 0.6) is 0 Å². The molecule has 0 saturated heterocycles. The van der Waals surface area contributed by atoms with Crippen molar-refractivity contribution in [1.82, 2.24) is 28.2 Å². The van der Waals surface area contributed by atoms with Crippen LogP contribution in [0.15, 0.2) is 291 Å². The molecule has 0 atom stereocenters. The molecule has 5 heterocycles. The van der Waals surface area contributed by atoms with Gasteiger partial charge >= 0.3 is 0 Å². The first-order chi connectivity index (χ1) is 41.7. The molecule has 0 aliphatic heterocycles. The molecule has 0 bridgehead atoms. The Labute approximate surface area is 482 Å². The SMILES string of the molecule is c1ccc(-n2c3ccccc3c3cc(-c4ccc5c(c4)c4ccccc4n5-c4cccc(-c5nc(-n6c7ccccc7c7cc(-c8ccc9c%10ccccc%10n(-c%10ccccc%10)c9c8)ccc76)nc6c5ccc5ccccc56)c4)ccc32)cc1. The van der Waals surface area contributed by atoms with Crippen molar-refractivity contribution in [3.05, 3.63) is 291 Å². The Morgan fingerprint density at radius 2 is 0.595 bits per heavy atom.